The van der Waals surface area contributed by atoms with Gasteiger partial charge in [-0.3, -0.25) is 0 Å². The molecule has 38 heavy (non-hydrogen) atoms. The second-order valence-corrected chi connectivity index (χ2v) is 10.3. The fourth-order valence-electron chi connectivity index (χ4n) is 4.59. The Morgan fingerprint density at radius 3 is 2.61 bits per heavy atom. The first-order valence-electron chi connectivity index (χ1n) is 12.9. The number of hydrogen-bond donors (Lipinski definition) is 0. The van der Waals surface area contributed by atoms with Crippen LogP contribution in [0.3, 0.4) is 0 Å². The summed E-state index contributed by atoms with van der Waals surface area (Å²) < 4.78 is 19.6. The van der Waals surface area contributed by atoms with Crippen molar-refractivity contribution in [2.75, 3.05) is 20.0 Å². The van der Waals surface area contributed by atoms with E-state index >= 15 is 0 Å². The zero-order chi connectivity index (χ0) is 26.5. The quantitative estimate of drug-likeness (QED) is 0.129. The predicted octanol–water partition coefficient (Wildman–Crippen LogP) is 7.82. The number of hydrogen-bond acceptors (Lipinski definition) is 6. The minimum atomic E-state index is 0.398. The van der Waals surface area contributed by atoms with Crippen LogP contribution < -0.4 is 4.74 Å². The molecule has 2 aromatic carbocycles. The molecule has 3 aromatic heterocycles. The first-order chi connectivity index (χ1) is 18.6. The van der Waals surface area contributed by atoms with Gasteiger partial charge in [0.25, 0.3) is 0 Å². The number of pyridine rings is 1. The van der Waals surface area contributed by atoms with Gasteiger partial charge in [0, 0.05) is 36.2 Å². The molecular weight excluding hydrogens is 494 g/mol. The van der Waals surface area contributed by atoms with Crippen LogP contribution in [0.25, 0.3) is 33.5 Å². The van der Waals surface area contributed by atoms with Gasteiger partial charge in [-0.15, -0.1) is 11.8 Å². The molecule has 0 saturated carbocycles. The van der Waals surface area contributed by atoms with Crippen molar-refractivity contribution in [3.05, 3.63) is 84.5 Å². The minimum absolute atomic E-state index is 0.398. The number of methoxy groups -OCH3 is 1. The summed E-state index contributed by atoms with van der Waals surface area (Å²) in [7, 11) is 1.71. The second kappa shape index (κ2) is 11.9. The van der Waals surface area contributed by atoms with E-state index in [1.165, 1.54) is 5.56 Å². The van der Waals surface area contributed by atoms with E-state index < -0.39 is 0 Å². The van der Waals surface area contributed by atoms with Crippen molar-refractivity contribution in [3.63, 3.8) is 0 Å². The van der Waals surface area contributed by atoms with Crippen LogP contribution in [0.5, 0.6) is 5.75 Å². The predicted molar refractivity (Wildman–Crippen MR) is 154 cm³/mol. The highest BCUT2D eigenvalue weighted by Gasteiger charge is 2.21. The molecule has 5 aromatic rings. The number of fused-ring (bicyclic) bond motifs is 1. The molecule has 0 amide bonds. The molecule has 0 N–H and O–H groups in total. The molecule has 196 valence electrons. The molecule has 6 nitrogen and oxygen atoms in total. The maximum atomic E-state index is 6.05. The fourth-order valence-corrected chi connectivity index (χ4v) is 5.00. The van der Waals surface area contributed by atoms with Crippen LogP contribution in [0.2, 0.25) is 0 Å². The lowest BCUT2D eigenvalue weighted by Gasteiger charge is -2.13. The van der Waals surface area contributed by atoms with Crippen LogP contribution in [-0.4, -0.2) is 34.5 Å². The first-order valence-corrected chi connectivity index (χ1v) is 14.1. The number of imidazole rings is 1. The Hall–Kier alpha value is -3.55. The summed E-state index contributed by atoms with van der Waals surface area (Å²) in [6.45, 7) is 5.40. The molecule has 5 rings (SSSR count). The molecule has 0 spiro atoms. The second-order valence-electron chi connectivity index (χ2n) is 9.51. The van der Waals surface area contributed by atoms with Gasteiger partial charge >= 0.3 is 0 Å². The number of aromatic nitrogens is 3. The fraction of sp³-hybridized carbons (Fsp3) is 0.290. The van der Waals surface area contributed by atoms with Crippen molar-refractivity contribution < 1.29 is 13.9 Å². The van der Waals surface area contributed by atoms with Gasteiger partial charge in [-0.05, 0) is 60.6 Å². The van der Waals surface area contributed by atoms with Crippen LogP contribution >= 0.6 is 11.8 Å². The van der Waals surface area contributed by atoms with Gasteiger partial charge in [-0.1, -0.05) is 38.1 Å². The van der Waals surface area contributed by atoms with Gasteiger partial charge in [-0.2, -0.15) is 0 Å². The molecule has 0 saturated heterocycles. The third-order valence-corrected chi connectivity index (χ3v) is 7.25. The van der Waals surface area contributed by atoms with E-state index in [4.69, 9.17) is 18.9 Å². The Morgan fingerprint density at radius 1 is 1.00 bits per heavy atom. The van der Waals surface area contributed by atoms with Crippen LogP contribution in [0, 0.1) is 0 Å². The maximum Gasteiger partial charge on any atom is 0.134 e. The van der Waals surface area contributed by atoms with E-state index in [9.17, 15) is 0 Å². The highest BCUT2D eigenvalue weighted by atomic mass is 32.2. The summed E-state index contributed by atoms with van der Waals surface area (Å²) in [5.41, 5.74) is 6.12. The van der Waals surface area contributed by atoms with E-state index in [-0.39, 0.29) is 0 Å². The highest BCUT2D eigenvalue weighted by molar-refractivity contribution is 7.98. The highest BCUT2D eigenvalue weighted by Crippen LogP contribution is 2.36. The number of rotatable bonds is 11. The SMILES string of the molecule is COCn1c(CCCOc2ccc(C(C)C)cc2)nc(-c2ccc3ccoc3c2)c1-c1ccnc(SC)c1. The zero-order valence-corrected chi connectivity index (χ0v) is 23.1. The van der Waals surface area contributed by atoms with E-state index in [1.54, 1.807) is 25.1 Å². The average Bonchev–Trinajstić information content (AvgIpc) is 3.56. The first kappa shape index (κ1) is 26.1. The summed E-state index contributed by atoms with van der Waals surface area (Å²) in [6.07, 6.45) is 7.18. The third kappa shape index (κ3) is 5.64. The summed E-state index contributed by atoms with van der Waals surface area (Å²) in [4.78, 5) is 9.63. The lowest BCUT2D eigenvalue weighted by Crippen LogP contribution is -2.09. The van der Waals surface area contributed by atoms with Gasteiger partial charge in [0.05, 0.1) is 29.3 Å². The lowest BCUT2D eigenvalue weighted by molar-refractivity contribution is 0.129. The average molecular weight is 528 g/mol. The molecule has 0 bridgehead atoms. The number of furan rings is 1. The number of aryl methyl sites for hydroxylation is 1. The molecule has 7 heteroatoms. The van der Waals surface area contributed by atoms with Crippen molar-refractivity contribution >= 4 is 22.7 Å². The zero-order valence-electron chi connectivity index (χ0n) is 22.3. The van der Waals surface area contributed by atoms with Gasteiger partial charge in [0.2, 0.25) is 0 Å². The van der Waals surface area contributed by atoms with Crippen LogP contribution in [-0.2, 0) is 17.9 Å². The Morgan fingerprint density at radius 2 is 1.84 bits per heavy atom. The topological polar surface area (TPSA) is 62.3 Å². The monoisotopic (exact) mass is 527 g/mol. The van der Waals surface area contributed by atoms with Crippen LogP contribution in [0.4, 0.5) is 0 Å². The Bertz CT molecular complexity index is 1500. The largest absolute Gasteiger partial charge is 0.494 e. The molecule has 0 fully saturated rings. The van der Waals surface area contributed by atoms with Gasteiger partial charge in [0.15, 0.2) is 0 Å². The number of ether oxygens (including phenoxy) is 2. The van der Waals surface area contributed by atoms with Gasteiger partial charge in [-0.25, -0.2) is 9.97 Å². The van der Waals surface area contributed by atoms with Crippen molar-refractivity contribution in [3.8, 4) is 28.3 Å². The van der Waals surface area contributed by atoms with Crippen molar-refractivity contribution in [2.24, 2.45) is 0 Å². The summed E-state index contributed by atoms with van der Waals surface area (Å²) in [5, 5.41) is 2.03. The number of benzene rings is 2. The van der Waals surface area contributed by atoms with Crippen LogP contribution in [0.1, 0.15) is 37.6 Å². The van der Waals surface area contributed by atoms with E-state index in [1.807, 2.05) is 24.6 Å². The standard InChI is InChI=1S/C31H33N3O3S/c1-21(2)22-9-11-26(12-10-22)36-16-5-6-28-33-30(24-8-7-23-14-17-37-27(23)18-24)31(34(28)20-35-3)25-13-15-32-29(19-25)38-4/h7-15,17-19,21H,5-6,16,20H2,1-4H3. The smallest absolute Gasteiger partial charge is 0.134 e. The maximum absolute atomic E-state index is 6.05. The molecule has 0 aliphatic heterocycles. The van der Waals surface area contributed by atoms with Crippen molar-refractivity contribution in [1.82, 2.24) is 14.5 Å². The minimum Gasteiger partial charge on any atom is -0.494 e. The molecule has 3 heterocycles. The van der Waals surface area contributed by atoms with Gasteiger partial charge < -0.3 is 18.5 Å². The van der Waals surface area contributed by atoms with Crippen molar-refractivity contribution in [2.45, 2.75) is 44.4 Å². The lowest BCUT2D eigenvalue weighted by atomic mass is 10.0. The summed E-state index contributed by atoms with van der Waals surface area (Å²) in [6, 6.07) is 20.7. The number of thioether (sulfide) groups is 1. The van der Waals surface area contributed by atoms with Crippen molar-refractivity contribution in [1.29, 1.82) is 0 Å². The molecule has 0 atom stereocenters. The molecule has 0 unspecified atom stereocenters. The van der Waals surface area contributed by atoms with E-state index in [0.29, 0.717) is 19.3 Å². The molecule has 0 radical (unpaired) electrons. The Balaban J connectivity index is 1.45. The number of nitrogens with zero attached hydrogens (tertiary/aromatic N) is 3. The van der Waals surface area contributed by atoms with Crippen LogP contribution in [0.15, 0.2) is 82.6 Å². The molecular formula is C31H33N3O3S. The third-order valence-electron chi connectivity index (χ3n) is 6.61. The Kier molecular flexibility index (Phi) is 8.15. The normalized spacial score (nSPS) is 11.5. The van der Waals surface area contributed by atoms with E-state index in [0.717, 1.165) is 62.9 Å². The van der Waals surface area contributed by atoms with E-state index in [2.05, 4.69) is 71.9 Å². The molecule has 0 aliphatic rings. The Labute approximate surface area is 228 Å². The summed E-state index contributed by atoms with van der Waals surface area (Å²) >= 11 is 1.62. The summed E-state index contributed by atoms with van der Waals surface area (Å²) in [5.74, 6) is 2.36. The van der Waals surface area contributed by atoms with Gasteiger partial charge in [0.1, 0.15) is 23.9 Å². The molecule has 0 aliphatic carbocycles.